The molecule has 0 aromatic heterocycles. The van der Waals surface area contributed by atoms with E-state index in [2.05, 4.69) is 23.3 Å². The summed E-state index contributed by atoms with van der Waals surface area (Å²) >= 11 is 1.85. The molecule has 0 radical (unpaired) electrons. The van der Waals surface area contributed by atoms with Crippen molar-refractivity contribution in [3.05, 3.63) is 59.7 Å². The van der Waals surface area contributed by atoms with Crippen LogP contribution in [0.4, 0.5) is 5.69 Å². The van der Waals surface area contributed by atoms with Crippen LogP contribution < -0.4 is 10.2 Å². The second-order valence-electron chi connectivity index (χ2n) is 5.56. The summed E-state index contributed by atoms with van der Waals surface area (Å²) in [6.07, 6.45) is 0. The number of nitrogens with one attached hydrogen (secondary N) is 1. The van der Waals surface area contributed by atoms with E-state index in [1.807, 2.05) is 61.2 Å². The zero-order valence-corrected chi connectivity index (χ0v) is 13.7. The average molecular weight is 312 g/mol. The van der Waals surface area contributed by atoms with E-state index < -0.39 is 0 Å². The molecule has 0 spiro atoms. The lowest BCUT2D eigenvalue weighted by Gasteiger charge is -2.27. The van der Waals surface area contributed by atoms with Gasteiger partial charge in [-0.3, -0.25) is 4.79 Å². The number of rotatable bonds is 3. The summed E-state index contributed by atoms with van der Waals surface area (Å²) < 4.78 is 0. The largest absolute Gasteiger partial charge is 0.373 e. The van der Waals surface area contributed by atoms with Crippen molar-refractivity contribution < 1.29 is 4.79 Å². The lowest BCUT2D eigenvalue weighted by Crippen LogP contribution is -2.28. The molecule has 0 fully saturated rings. The van der Waals surface area contributed by atoms with Crippen molar-refractivity contribution in [1.29, 1.82) is 0 Å². The van der Waals surface area contributed by atoms with Crippen molar-refractivity contribution in [2.24, 2.45) is 0 Å². The summed E-state index contributed by atoms with van der Waals surface area (Å²) in [6, 6.07) is 16.0. The molecule has 1 atom stereocenters. The van der Waals surface area contributed by atoms with E-state index in [1.54, 1.807) is 0 Å². The molecule has 2 aromatic carbocycles. The second-order valence-corrected chi connectivity index (χ2v) is 6.70. The fourth-order valence-electron chi connectivity index (χ4n) is 2.60. The molecule has 4 heteroatoms. The van der Waals surface area contributed by atoms with Crippen molar-refractivity contribution in [2.75, 3.05) is 24.2 Å². The van der Waals surface area contributed by atoms with Gasteiger partial charge in [0.15, 0.2) is 0 Å². The molecule has 0 saturated heterocycles. The lowest BCUT2D eigenvalue weighted by molar-refractivity contribution is 0.0940. The molecular weight excluding hydrogens is 292 g/mol. The molecule has 3 nitrogen and oxygen atoms in total. The Labute approximate surface area is 135 Å². The molecule has 0 unspecified atom stereocenters. The normalized spacial score (nSPS) is 15.1. The molecule has 1 aliphatic rings. The molecule has 0 bridgehead atoms. The van der Waals surface area contributed by atoms with Gasteiger partial charge in [-0.05, 0) is 30.7 Å². The minimum Gasteiger partial charge on any atom is -0.373 e. The van der Waals surface area contributed by atoms with Gasteiger partial charge in [-0.1, -0.05) is 30.3 Å². The SMILES string of the molecule is C[C@@H](NC(=O)c1ccc2c(c1)N(C)CCS2)c1ccccc1. The maximum atomic E-state index is 12.5. The second kappa shape index (κ2) is 6.44. The Bertz CT molecular complexity index is 672. The maximum Gasteiger partial charge on any atom is 0.251 e. The first-order valence-electron chi connectivity index (χ1n) is 7.49. The third kappa shape index (κ3) is 3.12. The van der Waals surface area contributed by atoms with Gasteiger partial charge < -0.3 is 10.2 Å². The minimum absolute atomic E-state index is 0.00293. The highest BCUT2D eigenvalue weighted by Crippen LogP contribution is 2.34. The summed E-state index contributed by atoms with van der Waals surface area (Å²) in [6.45, 7) is 3.02. The number of nitrogens with zero attached hydrogens (tertiary/aromatic N) is 1. The Hall–Kier alpha value is -1.94. The maximum absolute atomic E-state index is 12.5. The molecule has 2 aromatic rings. The molecule has 1 heterocycles. The number of carbonyl (C=O) groups excluding carboxylic acids is 1. The van der Waals surface area contributed by atoms with Gasteiger partial charge in [0.2, 0.25) is 0 Å². The highest BCUT2D eigenvalue weighted by atomic mass is 32.2. The van der Waals surface area contributed by atoms with Crippen molar-refractivity contribution in [1.82, 2.24) is 5.32 Å². The van der Waals surface area contributed by atoms with Gasteiger partial charge in [0.1, 0.15) is 0 Å². The van der Waals surface area contributed by atoms with Gasteiger partial charge in [0.25, 0.3) is 5.91 Å². The Morgan fingerprint density at radius 2 is 2.00 bits per heavy atom. The first-order chi connectivity index (χ1) is 10.6. The lowest BCUT2D eigenvalue weighted by atomic mass is 10.1. The standard InChI is InChI=1S/C18H20N2OS/c1-13(14-6-4-3-5-7-14)19-18(21)15-8-9-17-16(12-15)20(2)10-11-22-17/h3-9,12-13H,10-11H2,1-2H3,(H,19,21)/t13-/m1/s1. The van der Waals surface area contributed by atoms with Crippen LogP contribution in [-0.4, -0.2) is 25.3 Å². The van der Waals surface area contributed by atoms with Crippen molar-refractivity contribution in [3.63, 3.8) is 0 Å². The Morgan fingerprint density at radius 1 is 1.23 bits per heavy atom. The van der Waals surface area contributed by atoms with Crippen molar-refractivity contribution in [2.45, 2.75) is 17.9 Å². The van der Waals surface area contributed by atoms with Gasteiger partial charge in [0.05, 0.1) is 11.7 Å². The van der Waals surface area contributed by atoms with Crippen LogP contribution in [0.2, 0.25) is 0 Å². The van der Waals surface area contributed by atoms with Crippen LogP contribution >= 0.6 is 11.8 Å². The Kier molecular flexibility index (Phi) is 4.39. The van der Waals surface area contributed by atoms with E-state index in [4.69, 9.17) is 0 Å². The number of anilines is 1. The van der Waals surface area contributed by atoms with E-state index in [-0.39, 0.29) is 11.9 Å². The van der Waals surface area contributed by atoms with Gasteiger partial charge in [-0.15, -0.1) is 11.8 Å². The number of hydrogen-bond acceptors (Lipinski definition) is 3. The van der Waals surface area contributed by atoms with Crippen LogP contribution in [0.3, 0.4) is 0 Å². The van der Waals surface area contributed by atoms with Crippen molar-refractivity contribution in [3.8, 4) is 0 Å². The zero-order chi connectivity index (χ0) is 15.5. The number of benzene rings is 2. The van der Waals surface area contributed by atoms with E-state index in [9.17, 15) is 4.79 Å². The molecule has 22 heavy (non-hydrogen) atoms. The van der Waals surface area contributed by atoms with E-state index in [0.29, 0.717) is 0 Å². The van der Waals surface area contributed by atoms with Gasteiger partial charge in [-0.2, -0.15) is 0 Å². The van der Waals surface area contributed by atoms with Gasteiger partial charge >= 0.3 is 0 Å². The van der Waals surface area contributed by atoms with Crippen LogP contribution in [0.5, 0.6) is 0 Å². The number of carbonyl (C=O) groups is 1. The Balaban J connectivity index is 1.77. The predicted octanol–water partition coefficient (Wildman–Crippen LogP) is 3.72. The van der Waals surface area contributed by atoms with Crippen molar-refractivity contribution >= 4 is 23.4 Å². The number of hydrogen-bond donors (Lipinski definition) is 1. The van der Waals surface area contributed by atoms with Crippen LogP contribution in [0.15, 0.2) is 53.4 Å². The molecule has 1 aliphatic heterocycles. The molecule has 114 valence electrons. The quantitative estimate of drug-likeness (QED) is 0.937. The van der Waals surface area contributed by atoms with Crippen LogP contribution in [0.1, 0.15) is 28.9 Å². The average Bonchev–Trinajstić information content (AvgIpc) is 2.55. The van der Waals surface area contributed by atoms with Crippen LogP contribution in [-0.2, 0) is 0 Å². The number of thioether (sulfide) groups is 1. The summed E-state index contributed by atoms with van der Waals surface area (Å²) in [5.74, 6) is 1.07. The monoisotopic (exact) mass is 312 g/mol. The molecule has 3 rings (SSSR count). The van der Waals surface area contributed by atoms with E-state index >= 15 is 0 Å². The topological polar surface area (TPSA) is 32.3 Å². The number of amides is 1. The molecule has 1 amide bonds. The third-order valence-electron chi connectivity index (χ3n) is 3.96. The highest BCUT2D eigenvalue weighted by Gasteiger charge is 2.17. The fourth-order valence-corrected chi connectivity index (χ4v) is 3.71. The minimum atomic E-state index is -0.0249. The Morgan fingerprint density at radius 3 is 2.77 bits per heavy atom. The zero-order valence-electron chi connectivity index (χ0n) is 12.9. The van der Waals surface area contributed by atoms with Gasteiger partial charge in [-0.25, -0.2) is 0 Å². The van der Waals surface area contributed by atoms with E-state index in [1.165, 1.54) is 4.90 Å². The summed E-state index contributed by atoms with van der Waals surface area (Å²) in [5, 5.41) is 3.07. The molecular formula is C18H20N2OS. The third-order valence-corrected chi connectivity index (χ3v) is 5.01. The predicted molar refractivity (Wildman–Crippen MR) is 92.8 cm³/mol. The molecule has 0 aliphatic carbocycles. The molecule has 0 saturated carbocycles. The summed E-state index contributed by atoms with van der Waals surface area (Å²) in [4.78, 5) is 15.9. The first-order valence-corrected chi connectivity index (χ1v) is 8.47. The van der Waals surface area contributed by atoms with Crippen LogP contribution in [0.25, 0.3) is 0 Å². The first kappa shape index (κ1) is 15.0. The molecule has 1 N–H and O–H groups in total. The highest BCUT2D eigenvalue weighted by molar-refractivity contribution is 7.99. The summed E-state index contributed by atoms with van der Waals surface area (Å²) in [7, 11) is 2.08. The summed E-state index contributed by atoms with van der Waals surface area (Å²) in [5.41, 5.74) is 2.98. The number of fused-ring (bicyclic) bond motifs is 1. The van der Waals surface area contributed by atoms with Gasteiger partial charge in [0, 0.05) is 29.8 Å². The van der Waals surface area contributed by atoms with Crippen LogP contribution in [0, 0.1) is 0 Å². The smallest absolute Gasteiger partial charge is 0.251 e. The fraction of sp³-hybridized carbons (Fsp3) is 0.278. The van der Waals surface area contributed by atoms with E-state index in [0.717, 1.165) is 29.1 Å².